The van der Waals surface area contributed by atoms with E-state index in [-0.39, 0.29) is 17.9 Å². The predicted octanol–water partition coefficient (Wildman–Crippen LogP) is 1.06. The van der Waals surface area contributed by atoms with Crippen LogP contribution < -0.4 is 11.5 Å². The first-order valence-corrected chi connectivity index (χ1v) is 3.37. The van der Waals surface area contributed by atoms with E-state index in [1.165, 1.54) is 12.3 Å². The first-order valence-electron chi connectivity index (χ1n) is 3.37. The number of halogens is 2. The average Bonchev–Trinajstić information content (AvgIpc) is 2.03. The van der Waals surface area contributed by atoms with E-state index in [1.807, 2.05) is 0 Å². The molecule has 0 amide bonds. The van der Waals surface area contributed by atoms with Crippen molar-refractivity contribution in [1.82, 2.24) is 4.98 Å². The molecule has 1 heterocycles. The molecule has 66 valence electrons. The monoisotopic (exact) mass is 173 g/mol. The van der Waals surface area contributed by atoms with E-state index < -0.39 is 6.43 Å². The summed E-state index contributed by atoms with van der Waals surface area (Å²) < 4.78 is 24.2. The van der Waals surface area contributed by atoms with E-state index in [9.17, 15) is 8.78 Å². The van der Waals surface area contributed by atoms with Crippen molar-refractivity contribution in [2.45, 2.75) is 13.0 Å². The molecule has 0 atom stereocenters. The molecule has 0 saturated carbocycles. The molecule has 0 aromatic carbocycles. The summed E-state index contributed by atoms with van der Waals surface area (Å²) in [5.74, 6) is 0. The van der Waals surface area contributed by atoms with Crippen molar-refractivity contribution in [3.8, 4) is 0 Å². The fourth-order valence-corrected chi connectivity index (χ4v) is 0.832. The Labute approximate surface area is 68.4 Å². The number of nitrogen functional groups attached to an aromatic ring is 1. The quantitative estimate of drug-likeness (QED) is 0.702. The fraction of sp³-hybridized carbons (Fsp3) is 0.286. The normalized spacial score (nSPS) is 10.7. The summed E-state index contributed by atoms with van der Waals surface area (Å²) in [7, 11) is 0. The Bertz CT molecular complexity index is 275. The standard InChI is InChI=1S/C7H9F2N3/c8-7(9)6-5(11)1-4(2-10)3-12-6/h1,3,7H,2,10-11H2. The van der Waals surface area contributed by atoms with Crippen LogP contribution in [-0.4, -0.2) is 4.98 Å². The highest BCUT2D eigenvalue weighted by molar-refractivity contribution is 5.45. The second kappa shape index (κ2) is 3.44. The summed E-state index contributed by atoms with van der Waals surface area (Å²) in [6.07, 6.45) is -1.32. The van der Waals surface area contributed by atoms with Crippen molar-refractivity contribution < 1.29 is 8.78 Å². The number of nitrogens with zero attached hydrogens (tertiary/aromatic N) is 1. The zero-order valence-electron chi connectivity index (χ0n) is 6.30. The molecule has 1 aromatic heterocycles. The van der Waals surface area contributed by atoms with Crippen LogP contribution in [0.4, 0.5) is 14.5 Å². The summed E-state index contributed by atoms with van der Waals surface area (Å²) in [6.45, 7) is 0.251. The van der Waals surface area contributed by atoms with Crippen LogP contribution in [0.1, 0.15) is 17.7 Å². The Morgan fingerprint density at radius 2 is 2.17 bits per heavy atom. The summed E-state index contributed by atoms with van der Waals surface area (Å²) in [5, 5.41) is 0. The number of nitrogens with two attached hydrogens (primary N) is 2. The highest BCUT2D eigenvalue weighted by atomic mass is 19.3. The maximum atomic E-state index is 12.1. The lowest BCUT2D eigenvalue weighted by Gasteiger charge is -2.04. The van der Waals surface area contributed by atoms with E-state index in [1.54, 1.807) is 0 Å². The zero-order valence-corrected chi connectivity index (χ0v) is 6.30. The molecule has 3 nitrogen and oxygen atoms in total. The van der Waals surface area contributed by atoms with E-state index in [0.717, 1.165) is 0 Å². The van der Waals surface area contributed by atoms with E-state index in [0.29, 0.717) is 5.56 Å². The summed E-state index contributed by atoms with van der Waals surface area (Å²) >= 11 is 0. The van der Waals surface area contributed by atoms with Gasteiger partial charge in [-0.3, -0.25) is 4.98 Å². The molecular weight excluding hydrogens is 164 g/mol. The topological polar surface area (TPSA) is 64.9 Å². The van der Waals surface area contributed by atoms with Crippen molar-refractivity contribution in [2.75, 3.05) is 5.73 Å². The number of rotatable bonds is 2. The van der Waals surface area contributed by atoms with Crippen LogP contribution in [0.2, 0.25) is 0 Å². The zero-order chi connectivity index (χ0) is 9.14. The average molecular weight is 173 g/mol. The van der Waals surface area contributed by atoms with Crippen molar-refractivity contribution in [3.63, 3.8) is 0 Å². The van der Waals surface area contributed by atoms with Crippen LogP contribution in [0.3, 0.4) is 0 Å². The highest BCUT2D eigenvalue weighted by Gasteiger charge is 2.12. The SMILES string of the molecule is NCc1cnc(C(F)F)c(N)c1. The lowest BCUT2D eigenvalue weighted by Crippen LogP contribution is -2.03. The van der Waals surface area contributed by atoms with Crippen LogP contribution in [0.5, 0.6) is 0 Å². The number of aromatic nitrogens is 1. The van der Waals surface area contributed by atoms with Crippen LogP contribution >= 0.6 is 0 Å². The van der Waals surface area contributed by atoms with Gasteiger partial charge in [0, 0.05) is 12.7 Å². The second-order valence-corrected chi connectivity index (χ2v) is 2.32. The van der Waals surface area contributed by atoms with Gasteiger partial charge < -0.3 is 11.5 Å². The highest BCUT2D eigenvalue weighted by Crippen LogP contribution is 2.22. The van der Waals surface area contributed by atoms with Gasteiger partial charge in [-0.15, -0.1) is 0 Å². The van der Waals surface area contributed by atoms with Gasteiger partial charge in [-0.05, 0) is 11.6 Å². The molecule has 12 heavy (non-hydrogen) atoms. The van der Waals surface area contributed by atoms with Crippen molar-refractivity contribution in [1.29, 1.82) is 0 Å². The van der Waals surface area contributed by atoms with Crippen LogP contribution in [0, 0.1) is 0 Å². The Hall–Kier alpha value is -1.23. The van der Waals surface area contributed by atoms with Crippen molar-refractivity contribution >= 4 is 5.69 Å². The number of pyridine rings is 1. The lowest BCUT2D eigenvalue weighted by molar-refractivity contribution is 0.147. The molecule has 0 aliphatic carbocycles. The molecule has 0 saturated heterocycles. The Morgan fingerprint density at radius 3 is 2.58 bits per heavy atom. The fourth-order valence-electron chi connectivity index (χ4n) is 0.832. The van der Waals surface area contributed by atoms with Crippen LogP contribution in [0.25, 0.3) is 0 Å². The van der Waals surface area contributed by atoms with E-state index in [4.69, 9.17) is 11.5 Å². The van der Waals surface area contributed by atoms with Crippen LogP contribution in [-0.2, 0) is 6.54 Å². The first-order chi connectivity index (χ1) is 5.65. The number of hydrogen-bond acceptors (Lipinski definition) is 3. The molecule has 0 aliphatic heterocycles. The number of anilines is 1. The van der Waals surface area contributed by atoms with Gasteiger partial charge in [0.25, 0.3) is 6.43 Å². The maximum absolute atomic E-state index is 12.1. The van der Waals surface area contributed by atoms with E-state index >= 15 is 0 Å². The van der Waals surface area contributed by atoms with Crippen molar-refractivity contribution in [2.24, 2.45) is 5.73 Å². The van der Waals surface area contributed by atoms with Gasteiger partial charge in [-0.2, -0.15) is 0 Å². The molecule has 4 N–H and O–H groups in total. The third-order valence-electron chi connectivity index (χ3n) is 1.45. The molecule has 1 rings (SSSR count). The largest absolute Gasteiger partial charge is 0.397 e. The lowest BCUT2D eigenvalue weighted by atomic mass is 10.2. The Balaban J connectivity index is 3.03. The maximum Gasteiger partial charge on any atom is 0.282 e. The molecule has 0 fully saturated rings. The number of alkyl halides is 2. The predicted molar refractivity (Wildman–Crippen MR) is 41.5 cm³/mol. The minimum Gasteiger partial charge on any atom is -0.397 e. The molecule has 0 spiro atoms. The van der Waals surface area contributed by atoms with Gasteiger partial charge in [0.05, 0.1) is 5.69 Å². The molecular formula is C7H9F2N3. The molecule has 5 heteroatoms. The van der Waals surface area contributed by atoms with Gasteiger partial charge in [-0.25, -0.2) is 8.78 Å². The smallest absolute Gasteiger partial charge is 0.282 e. The first kappa shape index (κ1) is 8.86. The van der Waals surface area contributed by atoms with Gasteiger partial charge in [0.1, 0.15) is 5.69 Å². The van der Waals surface area contributed by atoms with Gasteiger partial charge in [0.15, 0.2) is 0 Å². The Kier molecular flexibility index (Phi) is 2.54. The summed E-state index contributed by atoms with van der Waals surface area (Å²) in [4.78, 5) is 3.49. The van der Waals surface area contributed by atoms with Gasteiger partial charge >= 0.3 is 0 Å². The van der Waals surface area contributed by atoms with Gasteiger partial charge in [0.2, 0.25) is 0 Å². The van der Waals surface area contributed by atoms with Crippen molar-refractivity contribution in [3.05, 3.63) is 23.5 Å². The number of hydrogen-bond donors (Lipinski definition) is 2. The molecule has 0 aliphatic rings. The van der Waals surface area contributed by atoms with Crippen LogP contribution in [0.15, 0.2) is 12.3 Å². The Morgan fingerprint density at radius 1 is 1.50 bits per heavy atom. The molecule has 1 aromatic rings. The molecule has 0 bridgehead atoms. The van der Waals surface area contributed by atoms with Gasteiger partial charge in [-0.1, -0.05) is 0 Å². The second-order valence-electron chi connectivity index (χ2n) is 2.32. The third kappa shape index (κ3) is 1.68. The molecule has 0 radical (unpaired) electrons. The minimum atomic E-state index is -2.63. The van der Waals surface area contributed by atoms with E-state index in [2.05, 4.69) is 4.98 Å². The minimum absolute atomic E-state index is 0.00653. The third-order valence-corrected chi connectivity index (χ3v) is 1.45. The molecule has 0 unspecified atom stereocenters. The summed E-state index contributed by atoms with van der Waals surface area (Å²) in [5.41, 5.74) is 10.8. The summed E-state index contributed by atoms with van der Waals surface area (Å²) in [6, 6.07) is 1.41.